The number of benzene rings is 1. The van der Waals surface area contributed by atoms with Gasteiger partial charge in [0.25, 0.3) is 5.91 Å². The van der Waals surface area contributed by atoms with Crippen LogP contribution in [0.15, 0.2) is 46.1 Å². The molecule has 0 radical (unpaired) electrons. The summed E-state index contributed by atoms with van der Waals surface area (Å²) in [6.45, 7) is 6.30. The van der Waals surface area contributed by atoms with Crippen molar-refractivity contribution in [1.29, 1.82) is 0 Å². The Morgan fingerprint density at radius 3 is 2.77 bits per heavy atom. The van der Waals surface area contributed by atoms with E-state index in [-0.39, 0.29) is 18.1 Å². The highest BCUT2D eigenvalue weighted by atomic mass is 16.5. The van der Waals surface area contributed by atoms with Crippen molar-refractivity contribution in [2.45, 2.75) is 39.7 Å². The zero-order valence-electron chi connectivity index (χ0n) is 17.5. The summed E-state index contributed by atoms with van der Waals surface area (Å²) < 4.78 is 13.4. The summed E-state index contributed by atoms with van der Waals surface area (Å²) in [5.41, 5.74) is 1.92. The molecule has 1 amide bonds. The smallest absolute Gasteiger partial charge is 0.336 e. The minimum absolute atomic E-state index is 0.0128. The van der Waals surface area contributed by atoms with Gasteiger partial charge in [-0.2, -0.15) is 0 Å². The van der Waals surface area contributed by atoms with Crippen LogP contribution in [0, 0.1) is 12.8 Å². The summed E-state index contributed by atoms with van der Waals surface area (Å²) in [4.78, 5) is 30.5. The van der Waals surface area contributed by atoms with Crippen molar-refractivity contribution >= 4 is 16.9 Å². The van der Waals surface area contributed by atoms with Crippen molar-refractivity contribution in [3.05, 3.63) is 58.5 Å². The van der Waals surface area contributed by atoms with E-state index < -0.39 is 0 Å². The lowest BCUT2D eigenvalue weighted by molar-refractivity contribution is -0.134. The van der Waals surface area contributed by atoms with Gasteiger partial charge in [-0.05, 0) is 55.4 Å². The van der Waals surface area contributed by atoms with Crippen molar-refractivity contribution in [1.82, 2.24) is 14.5 Å². The van der Waals surface area contributed by atoms with Crippen LogP contribution in [0.2, 0.25) is 0 Å². The summed E-state index contributed by atoms with van der Waals surface area (Å²) in [5, 5.41) is 0.773. The SMILES string of the molecule is CCc1cc(=O)oc2cc(C)cc(OCC(=O)N3CCC(Cn4ccnc4)CC3)c12. The van der Waals surface area contributed by atoms with Crippen molar-refractivity contribution in [3.8, 4) is 5.75 Å². The molecule has 30 heavy (non-hydrogen) atoms. The first-order chi connectivity index (χ1) is 14.5. The van der Waals surface area contributed by atoms with E-state index in [1.165, 1.54) is 6.07 Å². The molecular formula is C23H27N3O4. The van der Waals surface area contributed by atoms with Crippen LogP contribution >= 0.6 is 0 Å². The van der Waals surface area contributed by atoms with E-state index >= 15 is 0 Å². The largest absolute Gasteiger partial charge is 0.483 e. The number of rotatable bonds is 6. The van der Waals surface area contributed by atoms with E-state index in [0.717, 1.165) is 49.0 Å². The quantitative estimate of drug-likeness (QED) is 0.585. The highest BCUT2D eigenvalue weighted by molar-refractivity contribution is 5.88. The zero-order valence-corrected chi connectivity index (χ0v) is 17.5. The van der Waals surface area contributed by atoms with Gasteiger partial charge in [-0.25, -0.2) is 9.78 Å². The third-order valence-electron chi connectivity index (χ3n) is 5.76. The van der Waals surface area contributed by atoms with Crippen LogP contribution in [0.3, 0.4) is 0 Å². The molecule has 1 aliphatic rings. The molecule has 1 aliphatic heterocycles. The van der Waals surface area contributed by atoms with Crippen molar-refractivity contribution in [3.63, 3.8) is 0 Å². The number of aryl methyl sites for hydroxylation is 2. The van der Waals surface area contributed by atoms with E-state index in [1.807, 2.05) is 43.4 Å². The predicted octanol–water partition coefficient (Wildman–Crippen LogP) is 3.18. The van der Waals surface area contributed by atoms with Gasteiger partial charge < -0.3 is 18.6 Å². The van der Waals surface area contributed by atoms with Gasteiger partial charge in [-0.1, -0.05) is 6.92 Å². The van der Waals surface area contributed by atoms with E-state index in [0.29, 0.717) is 23.7 Å². The predicted molar refractivity (Wildman–Crippen MR) is 114 cm³/mol. The Morgan fingerprint density at radius 1 is 1.27 bits per heavy atom. The van der Waals surface area contributed by atoms with Gasteiger partial charge in [0, 0.05) is 38.1 Å². The van der Waals surface area contributed by atoms with Crippen LogP contribution in [0.25, 0.3) is 11.0 Å². The van der Waals surface area contributed by atoms with Crippen LogP contribution in [-0.4, -0.2) is 40.1 Å². The third-order valence-corrected chi connectivity index (χ3v) is 5.76. The highest BCUT2D eigenvalue weighted by Crippen LogP contribution is 2.30. The lowest BCUT2D eigenvalue weighted by Gasteiger charge is -2.32. The molecule has 0 unspecified atom stereocenters. The van der Waals surface area contributed by atoms with Gasteiger partial charge in [0.05, 0.1) is 11.7 Å². The number of aromatic nitrogens is 2. The van der Waals surface area contributed by atoms with Gasteiger partial charge in [-0.3, -0.25) is 4.79 Å². The van der Waals surface area contributed by atoms with E-state index in [1.54, 1.807) is 6.20 Å². The number of carbonyl (C=O) groups is 1. The molecule has 7 heteroatoms. The molecule has 2 aromatic heterocycles. The Bertz CT molecular complexity index is 1080. The Kier molecular flexibility index (Phi) is 5.88. The molecule has 1 fully saturated rings. The second-order valence-electron chi connectivity index (χ2n) is 7.95. The van der Waals surface area contributed by atoms with Crippen LogP contribution in [0.1, 0.15) is 30.9 Å². The second kappa shape index (κ2) is 8.73. The van der Waals surface area contributed by atoms with Crippen molar-refractivity contribution in [2.24, 2.45) is 5.92 Å². The fourth-order valence-corrected chi connectivity index (χ4v) is 4.15. The molecule has 7 nitrogen and oxygen atoms in total. The minimum Gasteiger partial charge on any atom is -0.483 e. The maximum Gasteiger partial charge on any atom is 0.336 e. The maximum atomic E-state index is 12.7. The molecule has 0 aliphatic carbocycles. The molecule has 3 aromatic rings. The van der Waals surface area contributed by atoms with E-state index in [9.17, 15) is 9.59 Å². The second-order valence-corrected chi connectivity index (χ2v) is 7.95. The monoisotopic (exact) mass is 409 g/mol. The number of ether oxygens (including phenoxy) is 1. The van der Waals surface area contributed by atoms with E-state index in [2.05, 4.69) is 9.55 Å². The fourth-order valence-electron chi connectivity index (χ4n) is 4.15. The maximum absolute atomic E-state index is 12.7. The molecule has 4 rings (SSSR count). The molecule has 1 saturated heterocycles. The lowest BCUT2D eigenvalue weighted by Crippen LogP contribution is -2.41. The molecule has 3 heterocycles. The summed E-state index contributed by atoms with van der Waals surface area (Å²) in [7, 11) is 0. The first-order valence-corrected chi connectivity index (χ1v) is 10.5. The Hall–Kier alpha value is -3.09. The van der Waals surface area contributed by atoms with E-state index in [4.69, 9.17) is 9.15 Å². The summed E-state index contributed by atoms with van der Waals surface area (Å²) in [6, 6.07) is 5.22. The van der Waals surface area contributed by atoms with Crippen LogP contribution in [-0.2, 0) is 17.8 Å². The molecule has 158 valence electrons. The molecule has 1 aromatic carbocycles. The number of hydrogen-bond donors (Lipinski definition) is 0. The Labute approximate surface area is 175 Å². The number of imidazole rings is 1. The highest BCUT2D eigenvalue weighted by Gasteiger charge is 2.23. The number of fused-ring (bicyclic) bond motifs is 1. The number of hydrogen-bond acceptors (Lipinski definition) is 5. The van der Waals surface area contributed by atoms with Crippen molar-refractivity contribution in [2.75, 3.05) is 19.7 Å². The normalized spacial score (nSPS) is 14.9. The Morgan fingerprint density at radius 2 is 2.07 bits per heavy atom. The molecule has 0 atom stereocenters. The standard InChI is InChI=1S/C23H27N3O4/c1-3-18-12-22(28)30-20-11-16(2)10-19(23(18)20)29-14-21(27)26-7-4-17(5-8-26)13-25-9-6-24-15-25/h6,9-12,15,17H,3-5,7-8,13-14H2,1-2H3. The number of nitrogens with zero attached hydrogens (tertiary/aromatic N) is 3. The van der Waals surface area contributed by atoms with Crippen LogP contribution < -0.4 is 10.4 Å². The van der Waals surface area contributed by atoms with Gasteiger partial charge in [-0.15, -0.1) is 0 Å². The average molecular weight is 409 g/mol. The summed E-state index contributed by atoms with van der Waals surface area (Å²) in [5.74, 6) is 1.13. The number of amides is 1. The van der Waals surface area contributed by atoms with Gasteiger partial charge in [0.1, 0.15) is 11.3 Å². The van der Waals surface area contributed by atoms with Crippen molar-refractivity contribution < 1.29 is 13.9 Å². The fraction of sp³-hybridized carbons (Fsp3) is 0.435. The minimum atomic E-state index is -0.370. The number of carbonyl (C=O) groups excluding carboxylic acids is 1. The first-order valence-electron chi connectivity index (χ1n) is 10.5. The average Bonchev–Trinajstić information content (AvgIpc) is 3.24. The van der Waals surface area contributed by atoms with Crippen LogP contribution in [0.5, 0.6) is 5.75 Å². The lowest BCUT2D eigenvalue weighted by atomic mass is 9.97. The van der Waals surface area contributed by atoms with Gasteiger partial charge >= 0.3 is 5.63 Å². The van der Waals surface area contributed by atoms with Crippen LogP contribution in [0.4, 0.5) is 0 Å². The summed E-state index contributed by atoms with van der Waals surface area (Å²) in [6.07, 6.45) is 8.24. The third kappa shape index (κ3) is 4.40. The molecule has 0 bridgehead atoms. The molecule has 0 saturated carbocycles. The summed E-state index contributed by atoms with van der Waals surface area (Å²) >= 11 is 0. The topological polar surface area (TPSA) is 77.6 Å². The van der Waals surface area contributed by atoms with Gasteiger partial charge in [0.2, 0.25) is 0 Å². The zero-order chi connectivity index (χ0) is 21.1. The molecule has 0 spiro atoms. The first kappa shape index (κ1) is 20.2. The van der Waals surface area contributed by atoms with Gasteiger partial charge in [0.15, 0.2) is 6.61 Å². The Balaban J connectivity index is 1.41. The molecule has 0 N–H and O–H groups in total. The number of likely N-dealkylation sites (tertiary alicyclic amines) is 1. The number of piperidine rings is 1. The molecular weight excluding hydrogens is 382 g/mol.